The molecular weight excluding hydrogens is 473 g/mol. The van der Waals surface area contributed by atoms with Crippen molar-refractivity contribution in [3.8, 4) is 28.0 Å². The van der Waals surface area contributed by atoms with Crippen LogP contribution >= 0.6 is 0 Å². The lowest BCUT2D eigenvalue weighted by Gasteiger charge is -2.15. The summed E-state index contributed by atoms with van der Waals surface area (Å²) < 4.78 is 103. The van der Waals surface area contributed by atoms with Gasteiger partial charge in [-0.3, -0.25) is 0 Å². The predicted octanol–water partition coefficient (Wildman–Crippen LogP) is 8.46. The zero-order chi connectivity index (χ0) is 25.3. The van der Waals surface area contributed by atoms with Crippen LogP contribution < -0.4 is 4.74 Å². The Kier molecular flexibility index (Phi) is 6.82. The topological polar surface area (TPSA) is 9.23 Å². The van der Waals surface area contributed by atoms with Crippen LogP contribution in [0.15, 0.2) is 66.7 Å². The molecule has 0 amide bonds. The molecule has 0 fully saturated rings. The minimum absolute atomic E-state index is 0.123. The summed E-state index contributed by atoms with van der Waals surface area (Å²) in [5.74, 6) is -9.51. The molecule has 8 heteroatoms. The molecule has 0 saturated carbocycles. The molecule has 1 nitrogen and oxygen atoms in total. The van der Waals surface area contributed by atoms with Crippen LogP contribution in [-0.2, 0) is 6.42 Å². The summed E-state index contributed by atoms with van der Waals surface area (Å²) in [6.07, 6.45) is -1.96. The first-order valence-electron chi connectivity index (χ1n) is 10.5. The van der Waals surface area contributed by atoms with E-state index >= 15 is 0 Å². The summed E-state index contributed by atoms with van der Waals surface area (Å²) in [6, 6.07) is 13.7. The molecule has 180 valence electrons. The molecule has 0 aliphatic carbocycles. The highest BCUT2D eigenvalue weighted by Crippen LogP contribution is 2.34. The van der Waals surface area contributed by atoms with Gasteiger partial charge in [-0.1, -0.05) is 43.3 Å². The standard InChI is InChI=1S/C27H17F7O/c1-2-14-3-5-15(6-4-14)16-7-8-19(20(28)9-16)17-10-21(29)25(22(30)11-17)27(34)35-18-12-23(31)26(33)24(32)13-18/h3-13,27H,2H2,1H3. The molecule has 35 heavy (non-hydrogen) atoms. The average molecular weight is 490 g/mol. The fourth-order valence-electron chi connectivity index (χ4n) is 3.60. The van der Waals surface area contributed by atoms with Gasteiger partial charge in [-0.15, -0.1) is 0 Å². The van der Waals surface area contributed by atoms with Crippen LogP contribution in [0.5, 0.6) is 5.75 Å². The van der Waals surface area contributed by atoms with Crippen LogP contribution in [0.1, 0.15) is 24.4 Å². The van der Waals surface area contributed by atoms with Crippen LogP contribution in [0.3, 0.4) is 0 Å². The summed E-state index contributed by atoms with van der Waals surface area (Å²) in [5.41, 5.74) is 0.921. The van der Waals surface area contributed by atoms with E-state index in [0.29, 0.717) is 29.8 Å². The van der Waals surface area contributed by atoms with Gasteiger partial charge in [0, 0.05) is 17.7 Å². The van der Waals surface area contributed by atoms with Gasteiger partial charge in [-0.05, 0) is 46.9 Å². The second-order valence-corrected chi connectivity index (χ2v) is 7.73. The number of aryl methyl sites for hydroxylation is 1. The predicted molar refractivity (Wildman–Crippen MR) is 117 cm³/mol. The van der Waals surface area contributed by atoms with Crippen molar-refractivity contribution >= 4 is 0 Å². The Bertz CT molecular complexity index is 1340. The first-order chi connectivity index (χ1) is 16.7. The van der Waals surface area contributed by atoms with Gasteiger partial charge in [0.1, 0.15) is 23.2 Å². The lowest BCUT2D eigenvalue weighted by Crippen LogP contribution is -2.08. The monoisotopic (exact) mass is 490 g/mol. The lowest BCUT2D eigenvalue weighted by atomic mass is 9.97. The summed E-state index contributed by atoms with van der Waals surface area (Å²) in [5, 5.41) is 0. The number of benzene rings is 4. The van der Waals surface area contributed by atoms with Gasteiger partial charge >= 0.3 is 0 Å². The van der Waals surface area contributed by atoms with E-state index in [1.807, 2.05) is 31.2 Å². The third-order valence-electron chi connectivity index (χ3n) is 5.48. The summed E-state index contributed by atoms with van der Waals surface area (Å²) in [7, 11) is 0. The van der Waals surface area contributed by atoms with Gasteiger partial charge in [0.05, 0.1) is 5.56 Å². The normalized spacial score (nSPS) is 12.0. The van der Waals surface area contributed by atoms with Crippen molar-refractivity contribution in [1.82, 2.24) is 0 Å². The summed E-state index contributed by atoms with van der Waals surface area (Å²) in [4.78, 5) is 0. The molecule has 4 rings (SSSR count). The van der Waals surface area contributed by atoms with E-state index in [2.05, 4.69) is 4.74 Å². The molecule has 0 N–H and O–H groups in total. The van der Waals surface area contributed by atoms with E-state index in [9.17, 15) is 30.7 Å². The second-order valence-electron chi connectivity index (χ2n) is 7.73. The molecule has 4 aromatic rings. The zero-order valence-corrected chi connectivity index (χ0v) is 18.2. The molecule has 0 aromatic heterocycles. The van der Waals surface area contributed by atoms with E-state index in [0.717, 1.165) is 17.5 Å². The van der Waals surface area contributed by atoms with Gasteiger partial charge in [0.15, 0.2) is 17.5 Å². The Labute approximate surface area is 196 Å². The quantitative estimate of drug-likeness (QED) is 0.195. The van der Waals surface area contributed by atoms with Gasteiger partial charge in [0.2, 0.25) is 0 Å². The van der Waals surface area contributed by atoms with Crippen LogP contribution in [0.2, 0.25) is 0 Å². The molecule has 0 radical (unpaired) electrons. The number of rotatable bonds is 6. The first-order valence-corrected chi connectivity index (χ1v) is 10.5. The van der Waals surface area contributed by atoms with Gasteiger partial charge in [-0.25, -0.2) is 26.3 Å². The van der Waals surface area contributed by atoms with Gasteiger partial charge in [-0.2, -0.15) is 4.39 Å². The minimum Gasteiger partial charge on any atom is -0.456 e. The van der Waals surface area contributed by atoms with E-state index in [4.69, 9.17) is 0 Å². The highest BCUT2D eigenvalue weighted by atomic mass is 19.2. The molecule has 1 atom stereocenters. The molecule has 0 saturated heterocycles. The summed E-state index contributed by atoms with van der Waals surface area (Å²) in [6.45, 7) is 2.01. The molecule has 0 aliphatic rings. The summed E-state index contributed by atoms with van der Waals surface area (Å²) >= 11 is 0. The molecular formula is C27H17F7O. The lowest BCUT2D eigenvalue weighted by molar-refractivity contribution is 0.0591. The van der Waals surface area contributed by atoms with Crippen molar-refractivity contribution in [2.75, 3.05) is 0 Å². The Morgan fingerprint density at radius 2 is 1.17 bits per heavy atom. The minimum atomic E-state index is -2.81. The Morgan fingerprint density at radius 1 is 0.629 bits per heavy atom. The molecule has 0 spiro atoms. The number of alkyl halides is 1. The Hall–Kier alpha value is -3.81. The van der Waals surface area contributed by atoms with Gasteiger partial charge < -0.3 is 4.74 Å². The average Bonchev–Trinajstić information content (AvgIpc) is 2.82. The van der Waals surface area contributed by atoms with Gasteiger partial charge in [0.25, 0.3) is 6.36 Å². The molecule has 0 aliphatic heterocycles. The zero-order valence-electron chi connectivity index (χ0n) is 18.2. The van der Waals surface area contributed by atoms with Crippen molar-refractivity contribution < 1.29 is 35.5 Å². The number of ether oxygens (including phenoxy) is 1. The van der Waals surface area contributed by atoms with Crippen LogP contribution in [0.4, 0.5) is 30.7 Å². The van der Waals surface area contributed by atoms with Crippen molar-refractivity contribution in [2.45, 2.75) is 19.7 Å². The molecule has 4 aromatic carbocycles. The maximum absolute atomic E-state index is 14.8. The van der Waals surface area contributed by atoms with E-state index in [-0.39, 0.29) is 11.1 Å². The van der Waals surface area contributed by atoms with Crippen molar-refractivity contribution in [1.29, 1.82) is 0 Å². The van der Waals surface area contributed by atoms with E-state index in [1.165, 1.54) is 12.1 Å². The first kappa shape index (κ1) is 24.3. The molecule has 0 heterocycles. The number of hydrogen-bond donors (Lipinski definition) is 0. The Morgan fingerprint density at radius 3 is 1.71 bits per heavy atom. The molecule has 0 bridgehead atoms. The Balaban J connectivity index is 1.61. The largest absolute Gasteiger partial charge is 0.456 e. The number of halogens is 7. The van der Waals surface area contributed by atoms with Crippen molar-refractivity contribution in [3.63, 3.8) is 0 Å². The van der Waals surface area contributed by atoms with Crippen LogP contribution in [0, 0.1) is 34.9 Å². The third kappa shape index (κ3) is 5.01. The van der Waals surface area contributed by atoms with E-state index in [1.54, 1.807) is 6.07 Å². The van der Waals surface area contributed by atoms with E-state index < -0.39 is 52.6 Å². The van der Waals surface area contributed by atoms with Crippen molar-refractivity contribution in [2.24, 2.45) is 0 Å². The smallest absolute Gasteiger partial charge is 0.269 e. The fourth-order valence-corrected chi connectivity index (χ4v) is 3.60. The fraction of sp³-hybridized carbons (Fsp3) is 0.111. The maximum Gasteiger partial charge on any atom is 0.269 e. The SMILES string of the molecule is CCc1ccc(-c2ccc(-c3cc(F)c(C(F)Oc4cc(F)c(F)c(F)c4)c(F)c3)c(F)c2)cc1. The van der Waals surface area contributed by atoms with Crippen molar-refractivity contribution in [3.05, 3.63) is 113 Å². The number of hydrogen-bond acceptors (Lipinski definition) is 1. The maximum atomic E-state index is 14.8. The highest BCUT2D eigenvalue weighted by molar-refractivity contribution is 5.71. The highest BCUT2D eigenvalue weighted by Gasteiger charge is 2.24. The second kappa shape index (κ2) is 9.82. The molecule has 1 unspecified atom stereocenters. The third-order valence-corrected chi connectivity index (χ3v) is 5.48. The van der Waals surface area contributed by atoms with Crippen LogP contribution in [0.25, 0.3) is 22.3 Å². The van der Waals surface area contributed by atoms with Crippen LogP contribution in [-0.4, -0.2) is 0 Å².